The summed E-state index contributed by atoms with van der Waals surface area (Å²) in [6.07, 6.45) is 0.897. The number of nitrogens with one attached hydrogen (secondary N) is 2. The lowest BCUT2D eigenvalue weighted by atomic mass is 10.0. The Kier molecular flexibility index (Phi) is 6.90. The molecule has 3 aromatic rings. The number of anilines is 1. The van der Waals surface area contributed by atoms with Crippen molar-refractivity contribution in [3.63, 3.8) is 0 Å². The number of sulfonamides is 1. The molecular formula is C24H26N2O3S. The SMILES string of the molecule is CC(C)Cc1ccc(S(=O)(=O)Nc2cccc(C(=O)NCc3ccccc3)c2)cc1. The summed E-state index contributed by atoms with van der Waals surface area (Å²) in [4.78, 5) is 12.6. The van der Waals surface area contributed by atoms with Crippen LogP contribution in [0.3, 0.4) is 0 Å². The van der Waals surface area contributed by atoms with Crippen molar-refractivity contribution in [3.05, 3.63) is 95.6 Å². The van der Waals surface area contributed by atoms with Crippen LogP contribution < -0.4 is 10.0 Å². The first-order valence-electron chi connectivity index (χ1n) is 9.87. The number of hydrogen-bond donors (Lipinski definition) is 2. The lowest BCUT2D eigenvalue weighted by Gasteiger charge is -2.11. The summed E-state index contributed by atoms with van der Waals surface area (Å²) in [5, 5.41) is 2.84. The van der Waals surface area contributed by atoms with Crippen molar-refractivity contribution in [1.82, 2.24) is 5.32 Å². The van der Waals surface area contributed by atoms with Crippen molar-refractivity contribution >= 4 is 21.6 Å². The molecule has 0 heterocycles. The largest absolute Gasteiger partial charge is 0.348 e. The van der Waals surface area contributed by atoms with Crippen LogP contribution in [0.25, 0.3) is 0 Å². The molecule has 0 aliphatic carbocycles. The molecule has 3 rings (SSSR count). The van der Waals surface area contributed by atoms with E-state index in [0.717, 1.165) is 17.5 Å². The lowest BCUT2D eigenvalue weighted by molar-refractivity contribution is 0.0951. The Morgan fingerprint density at radius 1 is 0.867 bits per heavy atom. The van der Waals surface area contributed by atoms with Crippen LogP contribution in [0.4, 0.5) is 5.69 Å². The molecule has 0 saturated carbocycles. The fraction of sp³-hybridized carbons (Fsp3) is 0.208. The standard InChI is InChI=1S/C24H26N2O3S/c1-18(2)15-19-11-13-23(14-12-19)30(28,29)26-22-10-6-9-21(16-22)24(27)25-17-20-7-4-3-5-8-20/h3-14,16,18,26H,15,17H2,1-2H3,(H,25,27). The Morgan fingerprint density at radius 3 is 2.23 bits per heavy atom. The zero-order chi connectivity index (χ0) is 21.6. The maximum Gasteiger partial charge on any atom is 0.261 e. The second-order valence-electron chi connectivity index (χ2n) is 7.60. The van der Waals surface area contributed by atoms with Gasteiger partial charge in [0.15, 0.2) is 0 Å². The van der Waals surface area contributed by atoms with Crippen LogP contribution in [-0.2, 0) is 23.0 Å². The van der Waals surface area contributed by atoms with E-state index in [1.807, 2.05) is 42.5 Å². The Bertz CT molecular complexity index is 1090. The average Bonchev–Trinajstić information content (AvgIpc) is 2.72. The molecule has 0 aliphatic heterocycles. The maximum atomic E-state index is 12.7. The van der Waals surface area contributed by atoms with Crippen molar-refractivity contribution in [2.75, 3.05) is 4.72 Å². The maximum absolute atomic E-state index is 12.7. The van der Waals surface area contributed by atoms with Gasteiger partial charge in [0, 0.05) is 17.8 Å². The van der Waals surface area contributed by atoms with E-state index in [-0.39, 0.29) is 10.8 Å². The molecule has 156 valence electrons. The van der Waals surface area contributed by atoms with Crippen LogP contribution in [0.5, 0.6) is 0 Å². The van der Waals surface area contributed by atoms with Crippen LogP contribution in [0.15, 0.2) is 83.8 Å². The van der Waals surface area contributed by atoms with Gasteiger partial charge in [0.25, 0.3) is 15.9 Å². The van der Waals surface area contributed by atoms with E-state index in [1.165, 1.54) is 6.07 Å². The van der Waals surface area contributed by atoms with E-state index >= 15 is 0 Å². The molecule has 0 bridgehead atoms. The lowest BCUT2D eigenvalue weighted by Crippen LogP contribution is -2.23. The number of carbonyl (C=O) groups excluding carboxylic acids is 1. The molecule has 0 aromatic heterocycles. The smallest absolute Gasteiger partial charge is 0.261 e. The van der Waals surface area contributed by atoms with Crippen LogP contribution in [-0.4, -0.2) is 14.3 Å². The molecule has 3 aromatic carbocycles. The molecule has 1 amide bonds. The minimum atomic E-state index is -3.74. The quantitative estimate of drug-likeness (QED) is 0.556. The highest BCUT2D eigenvalue weighted by Crippen LogP contribution is 2.19. The van der Waals surface area contributed by atoms with Gasteiger partial charge in [0.1, 0.15) is 0 Å². The monoisotopic (exact) mass is 422 g/mol. The molecule has 0 radical (unpaired) electrons. The van der Waals surface area contributed by atoms with Crippen molar-refractivity contribution < 1.29 is 13.2 Å². The summed E-state index contributed by atoms with van der Waals surface area (Å²) >= 11 is 0. The summed E-state index contributed by atoms with van der Waals surface area (Å²) in [7, 11) is -3.74. The van der Waals surface area contributed by atoms with Crippen molar-refractivity contribution in [3.8, 4) is 0 Å². The third-order valence-corrected chi connectivity index (χ3v) is 5.95. The van der Waals surface area contributed by atoms with E-state index in [2.05, 4.69) is 23.9 Å². The normalized spacial score (nSPS) is 11.3. The number of hydrogen-bond acceptors (Lipinski definition) is 3. The van der Waals surface area contributed by atoms with Gasteiger partial charge >= 0.3 is 0 Å². The summed E-state index contributed by atoms with van der Waals surface area (Å²) in [5.41, 5.74) is 2.82. The first kappa shape index (κ1) is 21.6. The Hall–Kier alpha value is -3.12. The Balaban J connectivity index is 1.68. The molecule has 0 atom stereocenters. The van der Waals surface area contributed by atoms with Crippen LogP contribution >= 0.6 is 0 Å². The highest BCUT2D eigenvalue weighted by Gasteiger charge is 2.15. The average molecular weight is 423 g/mol. The summed E-state index contributed by atoms with van der Waals surface area (Å²) in [5.74, 6) is 0.235. The number of carbonyl (C=O) groups is 1. The number of rotatable bonds is 8. The van der Waals surface area contributed by atoms with E-state index in [9.17, 15) is 13.2 Å². The second-order valence-corrected chi connectivity index (χ2v) is 9.28. The molecule has 2 N–H and O–H groups in total. The molecule has 5 nitrogen and oxygen atoms in total. The molecule has 0 fully saturated rings. The Morgan fingerprint density at radius 2 is 1.57 bits per heavy atom. The van der Waals surface area contributed by atoms with Crippen molar-refractivity contribution in [2.45, 2.75) is 31.7 Å². The summed E-state index contributed by atoms with van der Waals surface area (Å²) in [6.45, 7) is 4.64. The number of amides is 1. The zero-order valence-corrected chi connectivity index (χ0v) is 17.9. The second kappa shape index (κ2) is 9.59. The molecule has 0 saturated heterocycles. The van der Waals surface area contributed by atoms with Gasteiger partial charge in [-0.05, 0) is 53.8 Å². The third-order valence-electron chi connectivity index (χ3n) is 4.55. The predicted molar refractivity (Wildman–Crippen MR) is 120 cm³/mol. The molecule has 0 unspecified atom stereocenters. The van der Waals surface area contributed by atoms with E-state index in [1.54, 1.807) is 30.3 Å². The predicted octanol–water partition coefficient (Wildman–Crippen LogP) is 4.62. The summed E-state index contributed by atoms with van der Waals surface area (Å²) < 4.78 is 28.0. The third kappa shape index (κ3) is 5.94. The van der Waals surface area contributed by atoms with Gasteiger partial charge in [-0.25, -0.2) is 8.42 Å². The molecule has 0 aliphatic rings. The van der Waals surface area contributed by atoms with Crippen LogP contribution in [0.1, 0.15) is 35.3 Å². The number of benzene rings is 3. The minimum absolute atomic E-state index is 0.189. The first-order chi connectivity index (χ1) is 14.3. The zero-order valence-electron chi connectivity index (χ0n) is 17.1. The summed E-state index contributed by atoms with van der Waals surface area (Å²) in [6, 6.07) is 22.9. The highest BCUT2D eigenvalue weighted by molar-refractivity contribution is 7.92. The van der Waals surface area contributed by atoms with Gasteiger partial charge in [-0.15, -0.1) is 0 Å². The Labute approximate surface area is 178 Å². The topological polar surface area (TPSA) is 75.3 Å². The van der Waals surface area contributed by atoms with E-state index < -0.39 is 10.0 Å². The fourth-order valence-corrected chi connectivity index (χ4v) is 4.14. The van der Waals surface area contributed by atoms with E-state index in [0.29, 0.717) is 23.7 Å². The fourth-order valence-electron chi connectivity index (χ4n) is 3.09. The van der Waals surface area contributed by atoms with Crippen molar-refractivity contribution in [1.29, 1.82) is 0 Å². The van der Waals surface area contributed by atoms with Crippen LogP contribution in [0, 0.1) is 5.92 Å². The molecular weight excluding hydrogens is 396 g/mol. The van der Waals surface area contributed by atoms with Gasteiger partial charge in [0.2, 0.25) is 0 Å². The van der Waals surface area contributed by atoms with Gasteiger partial charge in [-0.1, -0.05) is 62.4 Å². The molecule has 0 spiro atoms. The van der Waals surface area contributed by atoms with Crippen LogP contribution in [0.2, 0.25) is 0 Å². The first-order valence-corrected chi connectivity index (χ1v) is 11.4. The van der Waals surface area contributed by atoms with Gasteiger partial charge < -0.3 is 5.32 Å². The van der Waals surface area contributed by atoms with Gasteiger partial charge in [0.05, 0.1) is 4.90 Å². The van der Waals surface area contributed by atoms with Gasteiger partial charge in [-0.3, -0.25) is 9.52 Å². The highest BCUT2D eigenvalue weighted by atomic mass is 32.2. The van der Waals surface area contributed by atoms with E-state index in [4.69, 9.17) is 0 Å². The minimum Gasteiger partial charge on any atom is -0.348 e. The van der Waals surface area contributed by atoms with Crippen molar-refractivity contribution in [2.24, 2.45) is 5.92 Å². The molecule has 30 heavy (non-hydrogen) atoms. The van der Waals surface area contributed by atoms with Gasteiger partial charge in [-0.2, -0.15) is 0 Å². The molecule has 6 heteroatoms.